The zero-order chi connectivity index (χ0) is 7.94. The Balaban J connectivity index is 2.39. The van der Waals surface area contributed by atoms with Crippen LogP contribution in [0.1, 0.15) is 34.1 Å². The minimum absolute atomic E-state index is 0.340. The molecule has 0 N–H and O–H groups in total. The highest BCUT2D eigenvalue weighted by molar-refractivity contribution is 4.97. The lowest BCUT2D eigenvalue weighted by Crippen LogP contribution is -2.17. The topological polar surface area (TPSA) is 0 Å². The Labute approximate surface area is 62.8 Å². The third kappa shape index (κ3) is 1.50. The molecule has 0 bridgehead atoms. The largest absolute Gasteiger partial charge is 0.244 e. The van der Waals surface area contributed by atoms with Gasteiger partial charge in [0.05, 0.1) is 0 Å². The van der Waals surface area contributed by atoms with Crippen LogP contribution in [0.15, 0.2) is 0 Å². The summed E-state index contributed by atoms with van der Waals surface area (Å²) in [6, 6.07) is 0. The summed E-state index contributed by atoms with van der Waals surface area (Å²) in [6.07, 6.45) is 1.10. The summed E-state index contributed by atoms with van der Waals surface area (Å²) in [5.74, 6) is 1.66. The number of hydrogen-bond acceptors (Lipinski definition) is 0. The van der Waals surface area contributed by atoms with Crippen LogP contribution in [0.2, 0.25) is 0 Å². The first-order chi connectivity index (χ1) is 4.43. The van der Waals surface area contributed by atoms with Gasteiger partial charge >= 0.3 is 0 Å². The molecule has 2 atom stereocenters. The highest BCUT2D eigenvalue weighted by Gasteiger charge is 2.49. The minimum atomic E-state index is -0.936. The van der Waals surface area contributed by atoms with Gasteiger partial charge in [0.2, 0.25) is 0 Å². The number of alkyl halides is 1. The molecule has 2 unspecified atom stereocenters. The van der Waals surface area contributed by atoms with E-state index in [9.17, 15) is 4.39 Å². The van der Waals surface area contributed by atoms with E-state index in [1.165, 1.54) is 0 Å². The first-order valence-electron chi connectivity index (χ1n) is 4.12. The smallest absolute Gasteiger partial charge is 0.108 e. The summed E-state index contributed by atoms with van der Waals surface area (Å²) in [5.41, 5.74) is -0.936. The van der Waals surface area contributed by atoms with Gasteiger partial charge in [-0.15, -0.1) is 0 Å². The van der Waals surface area contributed by atoms with Crippen LogP contribution in [0.25, 0.3) is 0 Å². The van der Waals surface area contributed by atoms with Crippen LogP contribution in [-0.2, 0) is 0 Å². The second kappa shape index (κ2) is 2.21. The average Bonchev–Trinajstić information content (AvgIpc) is 2.35. The van der Waals surface area contributed by atoms with Gasteiger partial charge in [-0.2, -0.15) is 0 Å². The van der Waals surface area contributed by atoms with E-state index in [1.807, 2.05) is 0 Å². The van der Waals surface area contributed by atoms with E-state index < -0.39 is 5.67 Å². The van der Waals surface area contributed by atoms with Gasteiger partial charge in [0, 0.05) is 0 Å². The van der Waals surface area contributed by atoms with Crippen molar-refractivity contribution in [2.75, 3.05) is 0 Å². The molecule has 0 aromatic rings. The van der Waals surface area contributed by atoms with Gasteiger partial charge in [-0.25, -0.2) is 4.39 Å². The molecule has 10 heavy (non-hydrogen) atoms. The lowest BCUT2D eigenvalue weighted by molar-refractivity contribution is 0.168. The molecule has 0 amide bonds. The molecule has 0 aromatic carbocycles. The molecule has 0 aliphatic heterocycles. The SMILES string of the molecule is CC(C)C1CC1C(C)(C)F. The van der Waals surface area contributed by atoms with Crippen LogP contribution < -0.4 is 0 Å². The molecular weight excluding hydrogens is 127 g/mol. The lowest BCUT2D eigenvalue weighted by Gasteiger charge is -2.14. The fraction of sp³-hybridized carbons (Fsp3) is 1.00. The van der Waals surface area contributed by atoms with Gasteiger partial charge in [0.25, 0.3) is 0 Å². The normalized spacial score (nSPS) is 33.0. The van der Waals surface area contributed by atoms with Crippen molar-refractivity contribution in [2.24, 2.45) is 17.8 Å². The molecular formula is C9H17F. The van der Waals surface area contributed by atoms with Gasteiger partial charge < -0.3 is 0 Å². The molecule has 1 aliphatic carbocycles. The third-order valence-electron chi connectivity index (χ3n) is 2.58. The van der Waals surface area contributed by atoms with Crippen molar-refractivity contribution in [3.63, 3.8) is 0 Å². The average molecular weight is 144 g/mol. The van der Waals surface area contributed by atoms with Gasteiger partial charge in [0.1, 0.15) is 5.67 Å². The molecule has 0 heterocycles. The van der Waals surface area contributed by atoms with Crippen LogP contribution in [0.4, 0.5) is 4.39 Å². The quantitative estimate of drug-likeness (QED) is 0.559. The second-order valence-corrected chi connectivity index (χ2v) is 4.31. The second-order valence-electron chi connectivity index (χ2n) is 4.31. The molecule has 0 saturated heterocycles. The van der Waals surface area contributed by atoms with E-state index in [0.717, 1.165) is 6.42 Å². The fourth-order valence-electron chi connectivity index (χ4n) is 1.74. The molecule has 1 rings (SSSR count). The Morgan fingerprint density at radius 3 is 2.00 bits per heavy atom. The number of hydrogen-bond donors (Lipinski definition) is 0. The molecule has 60 valence electrons. The predicted molar refractivity (Wildman–Crippen MR) is 41.6 cm³/mol. The van der Waals surface area contributed by atoms with Gasteiger partial charge in [-0.05, 0) is 38.0 Å². The molecule has 1 heteroatoms. The third-order valence-corrected chi connectivity index (χ3v) is 2.58. The van der Waals surface area contributed by atoms with Crippen LogP contribution in [0.3, 0.4) is 0 Å². The summed E-state index contributed by atoms with van der Waals surface area (Å²) in [4.78, 5) is 0. The fourth-order valence-corrected chi connectivity index (χ4v) is 1.74. The number of rotatable bonds is 2. The molecule has 1 aliphatic rings. The van der Waals surface area contributed by atoms with E-state index >= 15 is 0 Å². The summed E-state index contributed by atoms with van der Waals surface area (Å²) in [6.45, 7) is 7.74. The first kappa shape index (κ1) is 8.03. The van der Waals surface area contributed by atoms with Crippen LogP contribution in [0, 0.1) is 17.8 Å². The van der Waals surface area contributed by atoms with E-state index in [0.29, 0.717) is 17.8 Å². The standard InChI is InChI=1S/C9H17F/c1-6(2)7-5-8(7)9(3,4)10/h6-8H,5H2,1-4H3. The van der Waals surface area contributed by atoms with E-state index in [4.69, 9.17) is 0 Å². The van der Waals surface area contributed by atoms with Gasteiger partial charge in [0.15, 0.2) is 0 Å². The van der Waals surface area contributed by atoms with Crippen molar-refractivity contribution in [3.05, 3.63) is 0 Å². The maximum atomic E-state index is 13.2. The van der Waals surface area contributed by atoms with E-state index in [2.05, 4.69) is 13.8 Å². The lowest BCUT2D eigenvalue weighted by atomic mass is 9.99. The summed E-state index contributed by atoms with van der Waals surface area (Å²) >= 11 is 0. The summed E-state index contributed by atoms with van der Waals surface area (Å²) < 4.78 is 13.2. The summed E-state index contributed by atoms with van der Waals surface area (Å²) in [5, 5.41) is 0. The van der Waals surface area contributed by atoms with Crippen LogP contribution in [0.5, 0.6) is 0 Å². The monoisotopic (exact) mass is 144 g/mol. The molecule has 1 saturated carbocycles. The maximum absolute atomic E-state index is 13.2. The van der Waals surface area contributed by atoms with Gasteiger partial charge in [-0.3, -0.25) is 0 Å². The predicted octanol–water partition coefficient (Wildman–Crippen LogP) is 3.03. The van der Waals surface area contributed by atoms with E-state index in [-0.39, 0.29) is 0 Å². The van der Waals surface area contributed by atoms with Crippen molar-refractivity contribution in [1.82, 2.24) is 0 Å². The molecule has 0 nitrogen and oxygen atoms in total. The molecule has 0 aromatic heterocycles. The van der Waals surface area contributed by atoms with Crippen molar-refractivity contribution in [1.29, 1.82) is 0 Å². The Bertz CT molecular complexity index is 121. The van der Waals surface area contributed by atoms with Crippen molar-refractivity contribution >= 4 is 0 Å². The van der Waals surface area contributed by atoms with E-state index in [1.54, 1.807) is 13.8 Å². The van der Waals surface area contributed by atoms with Crippen molar-refractivity contribution in [2.45, 2.75) is 39.8 Å². The van der Waals surface area contributed by atoms with Gasteiger partial charge in [-0.1, -0.05) is 13.8 Å². The maximum Gasteiger partial charge on any atom is 0.108 e. The Morgan fingerprint density at radius 1 is 1.40 bits per heavy atom. The molecule has 0 spiro atoms. The minimum Gasteiger partial charge on any atom is -0.244 e. The highest BCUT2D eigenvalue weighted by Crippen LogP contribution is 2.51. The highest BCUT2D eigenvalue weighted by atomic mass is 19.1. The Hall–Kier alpha value is -0.0700. The molecule has 0 radical (unpaired) electrons. The number of halogens is 1. The van der Waals surface area contributed by atoms with Crippen LogP contribution in [-0.4, -0.2) is 5.67 Å². The Kier molecular flexibility index (Phi) is 1.78. The van der Waals surface area contributed by atoms with Crippen molar-refractivity contribution in [3.8, 4) is 0 Å². The first-order valence-corrected chi connectivity index (χ1v) is 4.12. The van der Waals surface area contributed by atoms with Crippen molar-refractivity contribution < 1.29 is 4.39 Å². The molecule has 1 fully saturated rings. The Morgan fingerprint density at radius 2 is 1.90 bits per heavy atom. The van der Waals surface area contributed by atoms with Crippen LogP contribution >= 0.6 is 0 Å². The zero-order valence-electron chi connectivity index (χ0n) is 7.32. The summed E-state index contributed by atoms with van der Waals surface area (Å²) in [7, 11) is 0. The zero-order valence-corrected chi connectivity index (χ0v) is 7.32.